The smallest absolute Gasteiger partial charge is 0.412 e. The standard InChI is InChI=1S/C16H23NO5/c1-9(2)13(14(19)20)10-6-7-11(12(18)8-10)17-15(21)22-16(3,4)5/h6-9,13,18H,1-5H3,(H,17,21)(H,19,20). The minimum atomic E-state index is -0.956. The average Bonchev–Trinajstić information content (AvgIpc) is 2.29. The van der Waals surface area contributed by atoms with Crippen LogP contribution in [-0.4, -0.2) is 27.9 Å². The normalized spacial score (nSPS) is 12.8. The van der Waals surface area contributed by atoms with E-state index in [2.05, 4.69) is 5.32 Å². The van der Waals surface area contributed by atoms with Gasteiger partial charge >= 0.3 is 12.1 Å². The molecule has 0 spiro atoms. The summed E-state index contributed by atoms with van der Waals surface area (Å²) in [6.45, 7) is 8.78. The van der Waals surface area contributed by atoms with Crippen LogP contribution >= 0.6 is 0 Å². The highest BCUT2D eigenvalue weighted by molar-refractivity contribution is 5.87. The zero-order valence-corrected chi connectivity index (χ0v) is 13.5. The third kappa shape index (κ3) is 4.95. The Morgan fingerprint density at radius 2 is 1.82 bits per heavy atom. The van der Waals surface area contributed by atoms with Gasteiger partial charge in [-0.25, -0.2) is 4.79 Å². The molecule has 0 bridgehead atoms. The van der Waals surface area contributed by atoms with Gasteiger partial charge in [-0.05, 0) is 44.4 Å². The predicted octanol–water partition coefficient (Wildman–Crippen LogP) is 3.56. The van der Waals surface area contributed by atoms with E-state index in [1.165, 1.54) is 12.1 Å². The van der Waals surface area contributed by atoms with Crippen LogP contribution in [0.2, 0.25) is 0 Å². The number of phenolic OH excluding ortho intramolecular Hbond substituents is 1. The highest BCUT2D eigenvalue weighted by Crippen LogP contribution is 2.31. The van der Waals surface area contributed by atoms with Crippen molar-refractivity contribution in [3.05, 3.63) is 23.8 Å². The first-order valence-electron chi connectivity index (χ1n) is 7.07. The van der Waals surface area contributed by atoms with Crippen LogP contribution in [0.3, 0.4) is 0 Å². The summed E-state index contributed by atoms with van der Waals surface area (Å²) < 4.78 is 5.10. The molecule has 0 aliphatic carbocycles. The highest BCUT2D eigenvalue weighted by atomic mass is 16.6. The van der Waals surface area contributed by atoms with E-state index in [-0.39, 0.29) is 17.4 Å². The molecule has 1 unspecified atom stereocenters. The summed E-state index contributed by atoms with van der Waals surface area (Å²) in [6.07, 6.45) is -0.686. The lowest BCUT2D eigenvalue weighted by Gasteiger charge is -2.21. The minimum absolute atomic E-state index is 0.124. The molecule has 122 valence electrons. The molecule has 3 N–H and O–H groups in total. The number of amides is 1. The molecular weight excluding hydrogens is 286 g/mol. The molecule has 22 heavy (non-hydrogen) atoms. The maximum Gasteiger partial charge on any atom is 0.412 e. The van der Waals surface area contributed by atoms with Crippen molar-refractivity contribution in [1.82, 2.24) is 0 Å². The van der Waals surface area contributed by atoms with Crippen LogP contribution in [0.15, 0.2) is 18.2 Å². The van der Waals surface area contributed by atoms with E-state index in [9.17, 15) is 19.8 Å². The van der Waals surface area contributed by atoms with E-state index in [1.54, 1.807) is 40.7 Å². The molecule has 0 fully saturated rings. The van der Waals surface area contributed by atoms with Gasteiger partial charge in [-0.3, -0.25) is 10.1 Å². The van der Waals surface area contributed by atoms with Crippen molar-refractivity contribution in [3.8, 4) is 5.75 Å². The first kappa shape index (κ1) is 17.8. The first-order valence-corrected chi connectivity index (χ1v) is 7.07. The van der Waals surface area contributed by atoms with Gasteiger partial charge < -0.3 is 14.9 Å². The Hall–Kier alpha value is -2.24. The Bertz CT molecular complexity index is 560. The first-order chi connectivity index (χ1) is 10.0. The Morgan fingerprint density at radius 1 is 1.23 bits per heavy atom. The number of ether oxygens (including phenoxy) is 1. The maximum atomic E-state index is 11.7. The number of nitrogens with one attached hydrogen (secondary N) is 1. The van der Waals surface area contributed by atoms with Crippen molar-refractivity contribution < 1.29 is 24.5 Å². The van der Waals surface area contributed by atoms with Gasteiger partial charge in [0.1, 0.15) is 11.4 Å². The number of carbonyl (C=O) groups is 2. The van der Waals surface area contributed by atoms with Crippen LogP contribution < -0.4 is 5.32 Å². The summed E-state index contributed by atoms with van der Waals surface area (Å²) in [5.74, 6) is -2.00. The Balaban J connectivity index is 2.95. The Kier molecular flexibility index (Phi) is 5.41. The van der Waals surface area contributed by atoms with Crippen molar-refractivity contribution in [3.63, 3.8) is 0 Å². The number of hydrogen-bond donors (Lipinski definition) is 3. The molecule has 1 atom stereocenters. The number of rotatable bonds is 4. The minimum Gasteiger partial charge on any atom is -0.506 e. The molecular formula is C16H23NO5. The van der Waals surface area contributed by atoms with Crippen molar-refractivity contribution in [2.75, 3.05) is 5.32 Å². The van der Waals surface area contributed by atoms with Crippen LogP contribution in [0.4, 0.5) is 10.5 Å². The highest BCUT2D eigenvalue weighted by Gasteiger charge is 2.25. The maximum absolute atomic E-state index is 11.7. The van der Waals surface area contributed by atoms with Gasteiger partial charge in [0.05, 0.1) is 11.6 Å². The topological polar surface area (TPSA) is 95.9 Å². The third-order valence-electron chi connectivity index (χ3n) is 2.95. The monoisotopic (exact) mass is 309 g/mol. The Labute approximate surface area is 130 Å². The summed E-state index contributed by atoms with van der Waals surface area (Å²) in [7, 11) is 0. The van der Waals surface area contributed by atoms with Gasteiger partial charge in [-0.1, -0.05) is 19.9 Å². The molecule has 0 heterocycles. The lowest BCUT2D eigenvalue weighted by molar-refractivity contribution is -0.139. The number of hydrogen-bond acceptors (Lipinski definition) is 4. The van der Waals surface area contributed by atoms with Gasteiger partial charge in [0.2, 0.25) is 0 Å². The fraction of sp³-hybridized carbons (Fsp3) is 0.500. The van der Waals surface area contributed by atoms with E-state index in [4.69, 9.17) is 4.74 Å². The molecule has 1 amide bonds. The fourth-order valence-corrected chi connectivity index (χ4v) is 2.07. The molecule has 0 saturated carbocycles. The second-order valence-corrected chi connectivity index (χ2v) is 6.46. The number of phenols is 1. The van der Waals surface area contributed by atoms with Crippen LogP contribution in [0.25, 0.3) is 0 Å². The molecule has 1 aromatic rings. The van der Waals surface area contributed by atoms with Crippen molar-refractivity contribution in [2.45, 2.75) is 46.1 Å². The third-order valence-corrected chi connectivity index (χ3v) is 2.95. The summed E-state index contributed by atoms with van der Waals surface area (Å²) >= 11 is 0. The van der Waals surface area contributed by atoms with Gasteiger partial charge in [-0.2, -0.15) is 0 Å². The van der Waals surface area contributed by atoms with Crippen LogP contribution in [0.5, 0.6) is 5.75 Å². The quantitative estimate of drug-likeness (QED) is 0.739. The van der Waals surface area contributed by atoms with E-state index in [0.29, 0.717) is 5.56 Å². The number of anilines is 1. The van der Waals surface area contributed by atoms with E-state index in [1.807, 2.05) is 0 Å². The van der Waals surface area contributed by atoms with Crippen LogP contribution in [0, 0.1) is 5.92 Å². The van der Waals surface area contributed by atoms with Crippen molar-refractivity contribution in [1.29, 1.82) is 0 Å². The number of carbonyl (C=O) groups excluding carboxylic acids is 1. The van der Waals surface area contributed by atoms with Crippen molar-refractivity contribution in [2.24, 2.45) is 5.92 Å². The number of aromatic hydroxyl groups is 1. The molecule has 0 saturated heterocycles. The van der Waals surface area contributed by atoms with E-state index in [0.717, 1.165) is 0 Å². The average molecular weight is 309 g/mol. The molecule has 0 aliphatic rings. The number of carboxylic acid groups (broad SMARTS) is 1. The summed E-state index contributed by atoms with van der Waals surface area (Å²) in [5, 5.41) is 21.7. The molecule has 6 nitrogen and oxygen atoms in total. The lowest BCUT2D eigenvalue weighted by atomic mass is 9.88. The molecule has 1 rings (SSSR count). The molecule has 0 radical (unpaired) electrons. The van der Waals surface area contributed by atoms with Crippen molar-refractivity contribution >= 4 is 17.7 Å². The zero-order chi connectivity index (χ0) is 17.1. The van der Waals surface area contributed by atoms with Gasteiger partial charge in [0.15, 0.2) is 0 Å². The number of benzene rings is 1. The van der Waals surface area contributed by atoms with Gasteiger partial charge in [0, 0.05) is 0 Å². The second kappa shape index (κ2) is 6.68. The summed E-state index contributed by atoms with van der Waals surface area (Å²) in [4.78, 5) is 23.0. The predicted molar refractivity (Wildman–Crippen MR) is 83.2 cm³/mol. The molecule has 1 aromatic carbocycles. The zero-order valence-electron chi connectivity index (χ0n) is 13.5. The van der Waals surface area contributed by atoms with Gasteiger partial charge in [-0.15, -0.1) is 0 Å². The van der Waals surface area contributed by atoms with Gasteiger partial charge in [0.25, 0.3) is 0 Å². The van der Waals surface area contributed by atoms with E-state index >= 15 is 0 Å². The van der Waals surface area contributed by atoms with Crippen LogP contribution in [0.1, 0.15) is 46.1 Å². The lowest BCUT2D eigenvalue weighted by Crippen LogP contribution is -2.27. The van der Waals surface area contributed by atoms with Crippen LogP contribution in [-0.2, 0) is 9.53 Å². The molecule has 6 heteroatoms. The summed E-state index contributed by atoms with van der Waals surface area (Å²) in [6, 6.07) is 4.39. The largest absolute Gasteiger partial charge is 0.506 e. The Morgan fingerprint density at radius 3 is 2.23 bits per heavy atom. The van der Waals surface area contributed by atoms with E-state index < -0.39 is 23.6 Å². The molecule has 0 aliphatic heterocycles. The SMILES string of the molecule is CC(C)C(C(=O)O)c1ccc(NC(=O)OC(C)(C)C)c(O)c1. The fourth-order valence-electron chi connectivity index (χ4n) is 2.07. The summed E-state index contributed by atoms with van der Waals surface area (Å²) in [5.41, 5.74) is 0.00623. The molecule has 0 aromatic heterocycles. The second-order valence-electron chi connectivity index (χ2n) is 6.46. The number of carboxylic acids is 1. The number of aliphatic carboxylic acids is 1.